The second-order valence-electron chi connectivity index (χ2n) is 8.40. The molecule has 1 amide bonds. The number of fused-ring (bicyclic) bond motifs is 1. The van der Waals surface area contributed by atoms with Gasteiger partial charge in [0.15, 0.2) is 11.5 Å². The van der Waals surface area contributed by atoms with E-state index in [0.717, 1.165) is 23.3 Å². The molecule has 1 aliphatic heterocycles. The number of benzene rings is 2. The number of rotatable bonds is 6. The number of nitrogens with one attached hydrogen (secondary N) is 1. The van der Waals surface area contributed by atoms with Crippen LogP contribution in [0.3, 0.4) is 0 Å². The van der Waals surface area contributed by atoms with Gasteiger partial charge in [-0.15, -0.1) is 11.3 Å². The van der Waals surface area contributed by atoms with Crippen molar-refractivity contribution in [3.8, 4) is 11.5 Å². The second-order valence-corrected chi connectivity index (χ2v) is 11.2. The Bertz CT molecular complexity index is 1280. The molecule has 33 heavy (non-hydrogen) atoms. The monoisotopic (exact) mass is 483 g/mol. The number of anilines is 1. The maximum absolute atomic E-state index is 13.2. The largest absolute Gasteiger partial charge is 0.493 e. The fourth-order valence-electron chi connectivity index (χ4n) is 4.58. The molecule has 3 aromatic rings. The van der Waals surface area contributed by atoms with Crippen LogP contribution >= 0.6 is 11.3 Å². The van der Waals surface area contributed by atoms with Crippen LogP contribution in [0.25, 0.3) is 0 Å². The molecule has 0 saturated heterocycles. The van der Waals surface area contributed by atoms with Gasteiger partial charge in [-0.1, -0.05) is 24.3 Å². The number of thiophene rings is 1. The minimum absolute atomic E-state index is 0.139. The summed E-state index contributed by atoms with van der Waals surface area (Å²) in [6.45, 7) is 0. The molecule has 1 saturated carbocycles. The van der Waals surface area contributed by atoms with E-state index in [1.165, 1.54) is 24.2 Å². The summed E-state index contributed by atoms with van der Waals surface area (Å²) < 4.78 is 38.2. The van der Waals surface area contributed by atoms with Gasteiger partial charge < -0.3 is 14.8 Å². The average Bonchev–Trinajstić information content (AvgIpc) is 3.49. The van der Waals surface area contributed by atoms with Crippen molar-refractivity contribution in [2.75, 3.05) is 12.4 Å². The number of carbonyl (C=O) groups excluding carboxylic acids is 1. The highest BCUT2D eigenvalue weighted by Crippen LogP contribution is 2.47. The number of hydrogen-bond donors (Lipinski definition) is 1. The van der Waals surface area contributed by atoms with Crippen molar-refractivity contribution in [3.05, 3.63) is 64.4 Å². The van der Waals surface area contributed by atoms with Gasteiger partial charge in [-0.3, -0.25) is 4.79 Å². The third-order valence-corrected chi connectivity index (χ3v) is 9.32. The smallest absolute Gasteiger partial charge is 0.225 e. The number of methoxy groups -OCH3 is 1. The molecule has 1 N–H and O–H groups in total. The lowest BCUT2D eigenvalue weighted by molar-refractivity contribution is -0.116. The highest BCUT2D eigenvalue weighted by Gasteiger charge is 2.34. The molecule has 1 fully saturated rings. The molecule has 2 aliphatic rings. The van der Waals surface area contributed by atoms with Crippen LogP contribution in [0.2, 0.25) is 0 Å². The summed E-state index contributed by atoms with van der Waals surface area (Å²) in [5, 5.41) is 4.43. The van der Waals surface area contributed by atoms with Crippen molar-refractivity contribution in [1.82, 2.24) is 0 Å². The zero-order chi connectivity index (χ0) is 23.0. The highest BCUT2D eigenvalue weighted by atomic mass is 32.2. The highest BCUT2D eigenvalue weighted by molar-refractivity contribution is 7.91. The molecule has 1 atom stereocenters. The summed E-state index contributed by atoms with van der Waals surface area (Å²) in [7, 11) is -2.14. The summed E-state index contributed by atoms with van der Waals surface area (Å²) in [6, 6.07) is 14.0. The molecule has 0 unspecified atom stereocenters. The maximum Gasteiger partial charge on any atom is 0.225 e. The quantitative estimate of drug-likeness (QED) is 0.509. The van der Waals surface area contributed by atoms with Crippen LogP contribution in [-0.2, 0) is 14.6 Å². The first-order valence-electron chi connectivity index (χ1n) is 11.0. The van der Waals surface area contributed by atoms with E-state index in [2.05, 4.69) is 5.32 Å². The Labute approximate surface area is 197 Å². The van der Waals surface area contributed by atoms with Gasteiger partial charge in [0.1, 0.15) is 4.90 Å². The zero-order valence-corrected chi connectivity index (χ0v) is 19.9. The van der Waals surface area contributed by atoms with Gasteiger partial charge >= 0.3 is 0 Å². The third kappa shape index (κ3) is 4.13. The van der Waals surface area contributed by atoms with E-state index < -0.39 is 9.84 Å². The van der Waals surface area contributed by atoms with Gasteiger partial charge in [0.25, 0.3) is 0 Å². The molecule has 6 nitrogen and oxygen atoms in total. The lowest BCUT2D eigenvalue weighted by Crippen LogP contribution is -2.23. The molecule has 1 aliphatic carbocycles. The number of sulfone groups is 1. The molecular formula is C25H25NO5S2. The van der Waals surface area contributed by atoms with Crippen LogP contribution in [0.15, 0.2) is 63.7 Å². The van der Waals surface area contributed by atoms with E-state index in [1.54, 1.807) is 42.8 Å². The van der Waals surface area contributed by atoms with E-state index in [9.17, 15) is 13.2 Å². The van der Waals surface area contributed by atoms with E-state index in [0.29, 0.717) is 17.2 Å². The number of ether oxygens (including phenoxy) is 2. The van der Waals surface area contributed by atoms with Crippen molar-refractivity contribution in [3.63, 3.8) is 0 Å². The Morgan fingerprint density at radius 1 is 1.03 bits per heavy atom. The molecule has 172 valence electrons. The van der Waals surface area contributed by atoms with Gasteiger partial charge in [0.05, 0.1) is 23.8 Å². The Morgan fingerprint density at radius 3 is 2.52 bits per heavy atom. The van der Waals surface area contributed by atoms with Crippen molar-refractivity contribution >= 4 is 32.8 Å². The normalized spacial score (nSPS) is 18.6. The molecule has 0 radical (unpaired) electrons. The number of carbonyl (C=O) groups is 1. The lowest BCUT2D eigenvalue weighted by Gasteiger charge is -2.25. The first-order chi connectivity index (χ1) is 16.0. The fraction of sp³-hybridized carbons (Fsp3) is 0.320. The second kappa shape index (κ2) is 8.83. The predicted molar refractivity (Wildman–Crippen MR) is 127 cm³/mol. The van der Waals surface area contributed by atoms with Crippen LogP contribution in [0.1, 0.15) is 48.5 Å². The van der Waals surface area contributed by atoms with E-state index in [1.807, 2.05) is 18.2 Å². The van der Waals surface area contributed by atoms with E-state index in [4.69, 9.17) is 9.47 Å². The first-order valence-corrected chi connectivity index (χ1v) is 13.4. The Kier molecular flexibility index (Phi) is 5.88. The summed E-state index contributed by atoms with van der Waals surface area (Å²) in [5.41, 5.74) is 1.28. The van der Waals surface area contributed by atoms with E-state index >= 15 is 0 Å². The van der Waals surface area contributed by atoms with Crippen LogP contribution in [0, 0.1) is 0 Å². The minimum Gasteiger partial charge on any atom is -0.493 e. The SMILES string of the molecule is COc1cc([C@H]2CC(=O)Nc3c(S(=O)(=O)c4ccccc4)csc32)ccc1OC1CCCC1. The number of hydrogen-bond acceptors (Lipinski definition) is 6. The molecule has 0 bridgehead atoms. The van der Waals surface area contributed by atoms with Gasteiger partial charge in [-0.05, 0) is 55.5 Å². The maximum atomic E-state index is 13.2. The van der Waals surface area contributed by atoms with Crippen molar-refractivity contribution in [1.29, 1.82) is 0 Å². The molecule has 2 aromatic carbocycles. The van der Waals surface area contributed by atoms with Gasteiger partial charge in [-0.25, -0.2) is 8.42 Å². The van der Waals surface area contributed by atoms with Crippen molar-refractivity contribution in [2.24, 2.45) is 0 Å². The van der Waals surface area contributed by atoms with Crippen LogP contribution in [0.4, 0.5) is 5.69 Å². The molecule has 2 heterocycles. The first kappa shape index (κ1) is 22.0. The summed E-state index contributed by atoms with van der Waals surface area (Å²) in [6.07, 6.45) is 4.90. The Hall–Kier alpha value is -2.84. The van der Waals surface area contributed by atoms with E-state index in [-0.39, 0.29) is 34.1 Å². The molecule has 1 aromatic heterocycles. The molecular weight excluding hydrogens is 458 g/mol. The molecule has 0 spiro atoms. The molecule has 5 rings (SSSR count). The standard InChI is InChI=1S/C25H25NO5S2/c1-30-21-13-16(11-12-20(21)31-17-7-5-6-8-17)19-14-23(27)26-24-22(15-32-25(19)24)33(28,29)18-9-3-2-4-10-18/h2-4,9-13,15,17,19H,5-8,14H2,1H3,(H,26,27)/t19-/m1/s1. The minimum atomic E-state index is -3.75. The Morgan fingerprint density at radius 2 is 1.79 bits per heavy atom. The number of amides is 1. The third-order valence-electron chi connectivity index (χ3n) is 6.29. The van der Waals surface area contributed by atoms with Crippen molar-refractivity contribution in [2.45, 2.75) is 53.9 Å². The predicted octanol–water partition coefficient (Wildman–Crippen LogP) is 5.39. The van der Waals surface area contributed by atoms with Crippen LogP contribution in [-0.4, -0.2) is 27.5 Å². The molecule has 8 heteroatoms. The van der Waals surface area contributed by atoms with Crippen LogP contribution < -0.4 is 14.8 Å². The zero-order valence-electron chi connectivity index (χ0n) is 18.2. The summed E-state index contributed by atoms with van der Waals surface area (Å²) in [4.78, 5) is 13.8. The van der Waals surface area contributed by atoms with Gasteiger partial charge in [0, 0.05) is 22.6 Å². The van der Waals surface area contributed by atoms with Crippen LogP contribution in [0.5, 0.6) is 11.5 Å². The van der Waals surface area contributed by atoms with Crippen molar-refractivity contribution < 1.29 is 22.7 Å². The fourth-order valence-corrected chi connectivity index (χ4v) is 7.51. The Balaban J connectivity index is 1.51. The lowest BCUT2D eigenvalue weighted by atomic mass is 9.90. The topological polar surface area (TPSA) is 81.7 Å². The average molecular weight is 484 g/mol. The summed E-state index contributed by atoms with van der Waals surface area (Å²) in [5.74, 6) is 0.862. The van der Waals surface area contributed by atoms with Gasteiger partial charge in [-0.2, -0.15) is 0 Å². The van der Waals surface area contributed by atoms with Gasteiger partial charge in [0.2, 0.25) is 15.7 Å². The summed E-state index contributed by atoms with van der Waals surface area (Å²) >= 11 is 1.36.